The second-order valence-corrected chi connectivity index (χ2v) is 5.27. The lowest BCUT2D eigenvalue weighted by Gasteiger charge is -2.16. The van der Waals surface area contributed by atoms with Gasteiger partial charge in [-0.05, 0) is 47.6 Å². The molecule has 0 bridgehead atoms. The molecule has 3 aromatic rings. The zero-order chi connectivity index (χ0) is 14.1. The van der Waals surface area contributed by atoms with Crippen molar-refractivity contribution < 1.29 is 0 Å². The third-order valence-corrected chi connectivity index (χ3v) is 3.94. The Bertz CT molecular complexity index is 757. The molecule has 0 aliphatic heterocycles. The van der Waals surface area contributed by atoms with Crippen molar-refractivity contribution in [3.63, 3.8) is 0 Å². The molecule has 0 fully saturated rings. The molecular weight excluding hydrogens is 244 g/mol. The van der Waals surface area contributed by atoms with E-state index in [1.807, 2.05) is 24.5 Å². The molecular formula is C18H18N2. The molecule has 0 spiro atoms. The lowest BCUT2D eigenvalue weighted by molar-refractivity contribution is 0.877. The third kappa shape index (κ3) is 2.19. The number of hydrogen-bond acceptors (Lipinski definition) is 2. The minimum Gasteiger partial charge on any atom is -0.320 e. The molecule has 0 radical (unpaired) electrons. The van der Waals surface area contributed by atoms with E-state index in [0.29, 0.717) is 0 Å². The molecule has 1 unspecified atom stereocenters. The molecule has 1 atom stereocenters. The van der Waals surface area contributed by atoms with Gasteiger partial charge in [0.2, 0.25) is 0 Å². The summed E-state index contributed by atoms with van der Waals surface area (Å²) in [7, 11) is 0. The van der Waals surface area contributed by atoms with E-state index >= 15 is 0 Å². The molecule has 0 saturated heterocycles. The fourth-order valence-corrected chi connectivity index (χ4v) is 2.56. The van der Waals surface area contributed by atoms with Gasteiger partial charge in [0, 0.05) is 17.8 Å². The van der Waals surface area contributed by atoms with Gasteiger partial charge in [-0.1, -0.05) is 36.4 Å². The number of nitrogens with two attached hydrogens (primary N) is 1. The van der Waals surface area contributed by atoms with Crippen molar-refractivity contribution in [2.45, 2.75) is 19.9 Å². The summed E-state index contributed by atoms with van der Waals surface area (Å²) in [5.74, 6) is 0. The molecule has 0 aliphatic rings. The summed E-state index contributed by atoms with van der Waals surface area (Å²) in [5.41, 5.74) is 11.3. The third-order valence-electron chi connectivity index (χ3n) is 3.94. The van der Waals surface area contributed by atoms with Crippen LogP contribution in [0.3, 0.4) is 0 Å². The van der Waals surface area contributed by atoms with Crippen LogP contribution in [0.1, 0.15) is 28.3 Å². The predicted molar refractivity (Wildman–Crippen MR) is 83.7 cm³/mol. The Kier molecular flexibility index (Phi) is 3.25. The first-order valence-electron chi connectivity index (χ1n) is 6.82. The first kappa shape index (κ1) is 12.8. The molecule has 2 aromatic carbocycles. The second-order valence-electron chi connectivity index (χ2n) is 5.27. The minimum absolute atomic E-state index is 0.111. The number of rotatable bonds is 2. The van der Waals surface area contributed by atoms with E-state index in [1.54, 1.807) is 0 Å². The van der Waals surface area contributed by atoms with Gasteiger partial charge < -0.3 is 5.73 Å². The average molecular weight is 262 g/mol. The van der Waals surface area contributed by atoms with Gasteiger partial charge in [0.15, 0.2) is 0 Å². The number of hydrogen-bond donors (Lipinski definition) is 1. The molecule has 0 amide bonds. The highest BCUT2D eigenvalue weighted by Crippen LogP contribution is 2.27. The maximum Gasteiger partial charge on any atom is 0.0557 e. The summed E-state index contributed by atoms with van der Waals surface area (Å²) < 4.78 is 0. The summed E-state index contributed by atoms with van der Waals surface area (Å²) in [4.78, 5) is 4.17. The van der Waals surface area contributed by atoms with Crippen molar-refractivity contribution in [1.29, 1.82) is 0 Å². The van der Waals surface area contributed by atoms with Crippen LogP contribution in [-0.2, 0) is 0 Å². The summed E-state index contributed by atoms with van der Waals surface area (Å²) >= 11 is 0. The first-order chi connectivity index (χ1) is 9.66. The Morgan fingerprint density at radius 3 is 2.65 bits per heavy atom. The summed E-state index contributed by atoms with van der Waals surface area (Å²) in [5, 5.41) is 2.30. The highest BCUT2D eigenvalue weighted by molar-refractivity contribution is 5.85. The molecule has 0 saturated carbocycles. The van der Waals surface area contributed by atoms with Gasteiger partial charge in [-0.15, -0.1) is 0 Å². The molecule has 0 aliphatic carbocycles. The van der Waals surface area contributed by atoms with Gasteiger partial charge in [-0.25, -0.2) is 0 Å². The number of aromatic nitrogens is 1. The molecule has 2 N–H and O–H groups in total. The number of pyridine rings is 1. The van der Waals surface area contributed by atoms with Gasteiger partial charge in [0.1, 0.15) is 0 Å². The average Bonchev–Trinajstić information content (AvgIpc) is 2.49. The number of aryl methyl sites for hydroxylation is 2. The normalized spacial score (nSPS) is 12.6. The van der Waals surface area contributed by atoms with Gasteiger partial charge in [-0.3, -0.25) is 4.98 Å². The molecule has 1 heterocycles. The quantitative estimate of drug-likeness (QED) is 0.760. The number of benzene rings is 2. The molecule has 1 aromatic heterocycles. The van der Waals surface area contributed by atoms with E-state index in [1.165, 1.54) is 16.5 Å². The maximum absolute atomic E-state index is 6.48. The van der Waals surface area contributed by atoms with Crippen molar-refractivity contribution >= 4 is 10.8 Å². The fraction of sp³-hybridized carbons (Fsp3) is 0.167. The summed E-state index contributed by atoms with van der Waals surface area (Å²) in [6.45, 7) is 4.24. The standard InChI is InChI=1S/C18H18N2/c1-12-6-7-14(10-13(12)2)18(19)17-5-3-4-15-11-20-9-8-16(15)17/h3-11,18H,19H2,1-2H3. The van der Waals surface area contributed by atoms with Crippen LogP contribution in [0.25, 0.3) is 10.8 Å². The van der Waals surface area contributed by atoms with Crippen LogP contribution in [0.2, 0.25) is 0 Å². The number of fused-ring (bicyclic) bond motifs is 1. The minimum atomic E-state index is -0.111. The Balaban J connectivity index is 2.12. The van der Waals surface area contributed by atoms with Crippen LogP contribution in [0.5, 0.6) is 0 Å². The topological polar surface area (TPSA) is 38.9 Å². The summed E-state index contributed by atoms with van der Waals surface area (Å²) in [6.07, 6.45) is 3.70. The van der Waals surface area contributed by atoms with Crippen LogP contribution in [0.4, 0.5) is 0 Å². The van der Waals surface area contributed by atoms with Gasteiger partial charge >= 0.3 is 0 Å². The van der Waals surface area contributed by atoms with E-state index in [0.717, 1.165) is 16.5 Å². The van der Waals surface area contributed by atoms with Crippen LogP contribution in [0.15, 0.2) is 54.9 Å². The fourth-order valence-electron chi connectivity index (χ4n) is 2.56. The van der Waals surface area contributed by atoms with E-state index in [9.17, 15) is 0 Å². The Labute approximate surface area is 119 Å². The molecule has 2 nitrogen and oxygen atoms in total. The largest absolute Gasteiger partial charge is 0.320 e. The summed E-state index contributed by atoms with van der Waals surface area (Å²) in [6, 6.07) is 14.6. The Morgan fingerprint density at radius 2 is 1.85 bits per heavy atom. The van der Waals surface area contributed by atoms with Crippen LogP contribution >= 0.6 is 0 Å². The first-order valence-corrected chi connectivity index (χ1v) is 6.82. The monoisotopic (exact) mass is 262 g/mol. The lowest BCUT2D eigenvalue weighted by atomic mass is 9.93. The zero-order valence-electron chi connectivity index (χ0n) is 11.8. The molecule has 20 heavy (non-hydrogen) atoms. The molecule has 2 heteroatoms. The van der Waals surface area contributed by atoms with Crippen molar-refractivity contribution in [2.75, 3.05) is 0 Å². The lowest BCUT2D eigenvalue weighted by Crippen LogP contribution is -2.12. The Hall–Kier alpha value is -2.19. The number of nitrogens with zero attached hydrogens (tertiary/aromatic N) is 1. The van der Waals surface area contributed by atoms with E-state index in [2.05, 4.69) is 49.2 Å². The van der Waals surface area contributed by atoms with E-state index in [4.69, 9.17) is 5.73 Å². The van der Waals surface area contributed by atoms with Crippen molar-refractivity contribution in [2.24, 2.45) is 5.73 Å². The van der Waals surface area contributed by atoms with Crippen LogP contribution in [0, 0.1) is 13.8 Å². The smallest absolute Gasteiger partial charge is 0.0557 e. The van der Waals surface area contributed by atoms with Crippen LogP contribution in [-0.4, -0.2) is 4.98 Å². The van der Waals surface area contributed by atoms with Gasteiger partial charge in [-0.2, -0.15) is 0 Å². The molecule has 100 valence electrons. The van der Waals surface area contributed by atoms with Crippen molar-refractivity contribution in [3.05, 3.63) is 77.1 Å². The maximum atomic E-state index is 6.48. The van der Waals surface area contributed by atoms with E-state index in [-0.39, 0.29) is 6.04 Å². The zero-order valence-corrected chi connectivity index (χ0v) is 11.8. The molecule has 3 rings (SSSR count). The van der Waals surface area contributed by atoms with Gasteiger partial charge in [0.05, 0.1) is 6.04 Å². The Morgan fingerprint density at radius 1 is 1.00 bits per heavy atom. The van der Waals surface area contributed by atoms with Crippen LogP contribution < -0.4 is 5.73 Å². The van der Waals surface area contributed by atoms with Crippen molar-refractivity contribution in [3.8, 4) is 0 Å². The highest BCUT2D eigenvalue weighted by atomic mass is 14.6. The van der Waals surface area contributed by atoms with E-state index < -0.39 is 0 Å². The van der Waals surface area contributed by atoms with Crippen molar-refractivity contribution in [1.82, 2.24) is 4.98 Å². The SMILES string of the molecule is Cc1ccc(C(N)c2cccc3cnccc23)cc1C. The highest BCUT2D eigenvalue weighted by Gasteiger charge is 2.12. The predicted octanol–water partition coefficient (Wildman–Crippen LogP) is 3.90. The second kappa shape index (κ2) is 5.06. The van der Waals surface area contributed by atoms with Gasteiger partial charge in [0.25, 0.3) is 0 Å².